The maximum atomic E-state index is 13.2. The fourth-order valence-corrected chi connectivity index (χ4v) is 4.09. The summed E-state index contributed by atoms with van der Waals surface area (Å²) in [6, 6.07) is 13.2. The van der Waals surface area contributed by atoms with Gasteiger partial charge in [-0.05, 0) is 35.7 Å². The summed E-state index contributed by atoms with van der Waals surface area (Å²) >= 11 is 1.61. The molecule has 0 fully saturated rings. The number of nitrogens with zero attached hydrogens (tertiary/aromatic N) is 4. The normalized spacial score (nSPS) is 12.5. The predicted molar refractivity (Wildman–Crippen MR) is 119 cm³/mol. The molecular formula is C23H20N4O4S. The zero-order valence-electron chi connectivity index (χ0n) is 17.1. The molecule has 0 bridgehead atoms. The molecule has 4 aromatic rings. The number of carbonyl (C=O) groups is 1. The Kier molecular flexibility index (Phi) is 5.80. The van der Waals surface area contributed by atoms with Gasteiger partial charge in [0.1, 0.15) is 13.2 Å². The average Bonchev–Trinajstić information content (AvgIpc) is 3.54. The van der Waals surface area contributed by atoms with E-state index >= 15 is 0 Å². The van der Waals surface area contributed by atoms with E-state index < -0.39 is 0 Å². The van der Waals surface area contributed by atoms with Crippen LogP contribution < -0.4 is 14.4 Å². The van der Waals surface area contributed by atoms with Crippen molar-refractivity contribution in [3.63, 3.8) is 0 Å². The van der Waals surface area contributed by atoms with Crippen molar-refractivity contribution in [1.29, 1.82) is 0 Å². The molecular weight excluding hydrogens is 428 g/mol. The quantitative estimate of drug-likeness (QED) is 0.420. The van der Waals surface area contributed by atoms with Gasteiger partial charge in [0.15, 0.2) is 11.5 Å². The molecule has 0 atom stereocenters. The number of hydrogen-bond donors (Lipinski definition) is 0. The second kappa shape index (κ2) is 9.19. The first kappa shape index (κ1) is 20.2. The Balaban J connectivity index is 1.32. The van der Waals surface area contributed by atoms with Crippen LogP contribution in [-0.4, -0.2) is 34.2 Å². The van der Waals surface area contributed by atoms with Gasteiger partial charge in [-0.2, -0.15) is 4.98 Å². The lowest BCUT2D eigenvalue weighted by Crippen LogP contribution is -2.30. The monoisotopic (exact) mass is 448 g/mol. The number of benzene rings is 1. The van der Waals surface area contributed by atoms with Gasteiger partial charge in [-0.25, -0.2) is 0 Å². The Morgan fingerprint density at radius 1 is 1.09 bits per heavy atom. The number of carbonyl (C=O) groups excluding carboxylic acids is 1. The zero-order chi connectivity index (χ0) is 21.8. The summed E-state index contributed by atoms with van der Waals surface area (Å²) in [5, 5.41) is 6.00. The van der Waals surface area contributed by atoms with Crippen LogP contribution in [0, 0.1) is 0 Å². The minimum atomic E-state index is -0.0452. The third-order valence-electron chi connectivity index (χ3n) is 4.97. The Bertz CT molecular complexity index is 1190. The molecule has 1 aliphatic rings. The van der Waals surface area contributed by atoms with Crippen LogP contribution in [0.2, 0.25) is 0 Å². The van der Waals surface area contributed by atoms with Crippen LogP contribution >= 0.6 is 11.3 Å². The molecule has 1 amide bonds. The van der Waals surface area contributed by atoms with Crippen LogP contribution in [0.1, 0.15) is 17.2 Å². The van der Waals surface area contributed by atoms with Crippen LogP contribution in [0.25, 0.3) is 11.4 Å². The van der Waals surface area contributed by atoms with Gasteiger partial charge in [-0.1, -0.05) is 11.2 Å². The van der Waals surface area contributed by atoms with Gasteiger partial charge in [0, 0.05) is 47.4 Å². The second-order valence-electron chi connectivity index (χ2n) is 7.14. The number of anilines is 1. The standard InChI is InChI=1S/C23H20N4O4S/c28-22(8-7-21-25-23(26-31-21)16-3-1-9-24-14-16)27(15-18-4-2-12-32-18)17-5-6-19-20(13-17)30-11-10-29-19/h1-6,9,12-14H,7-8,10-11,15H2. The van der Waals surface area contributed by atoms with Gasteiger partial charge in [0.25, 0.3) is 0 Å². The lowest BCUT2D eigenvalue weighted by molar-refractivity contribution is -0.118. The van der Waals surface area contributed by atoms with Gasteiger partial charge >= 0.3 is 0 Å². The molecule has 8 nitrogen and oxygen atoms in total. The number of amides is 1. The molecule has 3 aromatic heterocycles. The van der Waals surface area contributed by atoms with Crippen molar-refractivity contribution in [3.8, 4) is 22.9 Å². The van der Waals surface area contributed by atoms with E-state index in [1.54, 1.807) is 28.6 Å². The van der Waals surface area contributed by atoms with Crippen molar-refractivity contribution in [2.45, 2.75) is 19.4 Å². The maximum absolute atomic E-state index is 13.2. The predicted octanol–water partition coefficient (Wildman–Crippen LogP) is 4.13. The van der Waals surface area contributed by atoms with Crippen LogP contribution in [0.5, 0.6) is 11.5 Å². The summed E-state index contributed by atoms with van der Waals surface area (Å²) in [6.45, 7) is 1.49. The van der Waals surface area contributed by atoms with E-state index in [9.17, 15) is 4.79 Å². The summed E-state index contributed by atoms with van der Waals surface area (Å²) in [7, 11) is 0. The van der Waals surface area contributed by atoms with E-state index in [1.165, 1.54) is 0 Å². The van der Waals surface area contributed by atoms with Crippen molar-refractivity contribution in [1.82, 2.24) is 15.1 Å². The molecule has 0 spiro atoms. The van der Waals surface area contributed by atoms with Gasteiger partial charge in [0.2, 0.25) is 17.6 Å². The molecule has 0 radical (unpaired) electrons. The smallest absolute Gasteiger partial charge is 0.227 e. The van der Waals surface area contributed by atoms with Crippen molar-refractivity contribution >= 4 is 22.9 Å². The Morgan fingerprint density at radius 3 is 2.81 bits per heavy atom. The van der Waals surface area contributed by atoms with E-state index in [0.717, 1.165) is 16.1 Å². The number of thiophene rings is 1. The molecule has 5 rings (SSSR count). The minimum Gasteiger partial charge on any atom is -0.486 e. The molecule has 4 heterocycles. The lowest BCUT2D eigenvalue weighted by atomic mass is 10.2. The molecule has 162 valence electrons. The molecule has 32 heavy (non-hydrogen) atoms. The van der Waals surface area contributed by atoms with Crippen molar-refractivity contribution in [3.05, 3.63) is 71.0 Å². The van der Waals surface area contributed by atoms with E-state index in [4.69, 9.17) is 14.0 Å². The zero-order valence-corrected chi connectivity index (χ0v) is 18.0. The summed E-state index contributed by atoms with van der Waals surface area (Å²) in [4.78, 5) is 24.5. The van der Waals surface area contributed by atoms with E-state index in [2.05, 4.69) is 15.1 Å². The number of pyridine rings is 1. The molecule has 0 saturated carbocycles. The number of rotatable bonds is 7. The van der Waals surface area contributed by atoms with E-state index in [-0.39, 0.29) is 12.3 Å². The Labute approximate surface area is 188 Å². The first-order chi connectivity index (χ1) is 15.8. The van der Waals surface area contributed by atoms with Gasteiger partial charge in [-0.3, -0.25) is 9.78 Å². The minimum absolute atomic E-state index is 0.0452. The maximum Gasteiger partial charge on any atom is 0.227 e. The largest absolute Gasteiger partial charge is 0.486 e. The van der Waals surface area contributed by atoms with Gasteiger partial charge in [-0.15, -0.1) is 11.3 Å². The van der Waals surface area contributed by atoms with E-state index in [0.29, 0.717) is 49.4 Å². The van der Waals surface area contributed by atoms with Crippen molar-refractivity contribution in [2.24, 2.45) is 0 Å². The van der Waals surface area contributed by atoms with Crippen molar-refractivity contribution in [2.75, 3.05) is 18.1 Å². The number of aromatic nitrogens is 3. The molecule has 1 aromatic carbocycles. The molecule has 0 saturated heterocycles. The summed E-state index contributed by atoms with van der Waals surface area (Å²) in [5.74, 6) is 2.17. The average molecular weight is 449 g/mol. The number of aryl methyl sites for hydroxylation is 1. The molecule has 1 aliphatic heterocycles. The summed E-state index contributed by atoms with van der Waals surface area (Å²) in [5.41, 5.74) is 1.53. The Hall–Kier alpha value is -3.72. The Morgan fingerprint density at radius 2 is 2.00 bits per heavy atom. The summed E-state index contributed by atoms with van der Waals surface area (Å²) in [6.07, 6.45) is 3.93. The lowest BCUT2D eigenvalue weighted by Gasteiger charge is -2.25. The fourth-order valence-electron chi connectivity index (χ4n) is 3.40. The molecule has 9 heteroatoms. The number of fused-ring (bicyclic) bond motifs is 1. The first-order valence-electron chi connectivity index (χ1n) is 10.2. The highest BCUT2D eigenvalue weighted by atomic mass is 32.1. The van der Waals surface area contributed by atoms with Crippen LogP contribution in [-0.2, 0) is 17.8 Å². The number of hydrogen-bond acceptors (Lipinski definition) is 8. The first-order valence-corrected chi connectivity index (χ1v) is 11.1. The van der Waals surface area contributed by atoms with Gasteiger partial charge in [0.05, 0.1) is 6.54 Å². The second-order valence-corrected chi connectivity index (χ2v) is 8.17. The number of ether oxygens (including phenoxy) is 2. The summed E-state index contributed by atoms with van der Waals surface area (Å²) < 4.78 is 16.7. The third-order valence-corrected chi connectivity index (χ3v) is 5.83. The fraction of sp³-hybridized carbons (Fsp3) is 0.217. The molecule has 0 unspecified atom stereocenters. The van der Waals surface area contributed by atoms with Crippen molar-refractivity contribution < 1.29 is 18.8 Å². The van der Waals surface area contributed by atoms with Crippen LogP contribution in [0.15, 0.2) is 64.8 Å². The SMILES string of the molecule is O=C(CCc1nc(-c2cccnc2)no1)N(Cc1cccs1)c1ccc2c(c1)OCCO2. The molecule has 0 aliphatic carbocycles. The highest BCUT2D eigenvalue weighted by Gasteiger charge is 2.21. The van der Waals surface area contributed by atoms with Gasteiger partial charge < -0.3 is 18.9 Å². The topological polar surface area (TPSA) is 90.6 Å². The van der Waals surface area contributed by atoms with Crippen LogP contribution in [0.3, 0.4) is 0 Å². The third kappa shape index (κ3) is 4.47. The molecule has 0 N–H and O–H groups in total. The van der Waals surface area contributed by atoms with E-state index in [1.807, 2.05) is 47.8 Å². The highest BCUT2D eigenvalue weighted by molar-refractivity contribution is 7.09. The van der Waals surface area contributed by atoms with Crippen LogP contribution in [0.4, 0.5) is 5.69 Å². The highest BCUT2D eigenvalue weighted by Crippen LogP contribution is 2.35.